The predicted octanol–water partition coefficient (Wildman–Crippen LogP) is 4.67. The average molecular weight is 452 g/mol. The number of hydrogen-bond donors (Lipinski definition) is 0. The molecule has 1 spiro atoms. The van der Waals surface area contributed by atoms with Gasteiger partial charge in [-0.05, 0) is 68.0 Å². The van der Waals surface area contributed by atoms with Crippen molar-refractivity contribution < 1.29 is 18.4 Å². The van der Waals surface area contributed by atoms with Gasteiger partial charge in [-0.15, -0.1) is 0 Å². The lowest BCUT2D eigenvalue weighted by Crippen LogP contribution is -2.47. The summed E-state index contributed by atoms with van der Waals surface area (Å²) in [7, 11) is 1.95. The topological polar surface area (TPSA) is 45.5 Å². The first kappa shape index (κ1) is 21.6. The quantitative estimate of drug-likeness (QED) is 0.581. The van der Waals surface area contributed by atoms with E-state index < -0.39 is 23.1 Å². The smallest absolute Gasteiger partial charge is 0.253 e. The number of amides is 2. The Morgan fingerprint density at radius 3 is 2.48 bits per heavy atom. The van der Waals surface area contributed by atoms with Crippen molar-refractivity contribution in [1.82, 2.24) is 14.4 Å². The molecule has 0 radical (unpaired) electrons. The van der Waals surface area contributed by atoms with Gasteiger partial charge in [-0.25, -0.2) is 8.78 Å². The van der Waals surface area contributed by atoms with Crippen LogP contribution >= 0.6 is 0 Å². The van der Waals surface area contributed by atoms with Gasteiger partial charge in [-0.2, -0.15) is 0 Å². The molecule has 3 aromatic rings. The van der Waals surface area contributed by atoms with Crippen LogP contribution in [0.15, 0.2) is 48.7 Å². The Bertz CT molecular complexity index is 1240. The van der Waals surface area contributed by atoms with Gasteiger partial charge in [-0.3, -0.25) is 9.59 Å². The average Bonchev–Trinajstić information content (AvgIpc) is 3.35. The summed E-state index contributed by atoms with van der Waals surface area (Å²) >= 11 is 0. The zero-order chi connectivity index (χ0) is 23.3. The summed E-state index contributed by atoms with van der Waals surface area (Å²) in [6.07, 6.45) is 3.81. The number of carbonyl (C=O) groups excluding carboxylic acids is 2. The minimum absolute atomic E-state index is 0.0176. The maximum atomic E-state index is 14.3. The minimum atomic E-state index is -0.538. The van der Waals surface area contributed by atoms with Crippen molar-refractivity contribution in [2.24, 2.45) is 12.5 Å². The molecule has 7 heteroatoms. The molecule has 0 saturated carbocycles. The molecule has 1 unspecified atom stereocenters. The second-order valence-corrected chi connectivity index (χ2v) is 9.36. The summed E-state index contributed by atoms with van der Waals surface area (Å²) in [6.45, 7) is 3.26. The number of carbonyl (C=O) groups is 2. The number of halogens is 2. The first-order valence-corrected chi connectivity index (χ1v) is 11.4. The van der Waals surface area contributed by atoms with Gasteiger partial charge in [0.25, 0.3) is 5.91 Å². The van der Waals surface area contributed by atoms with Crippen LogP contribution in [0.2, 0.25) is 0 Å². The van der Waals surface area contributed by atoms with E-state index in [0.29, 0.717) is 44.5 Å². The molecule has 2 aliphatic heterocycles. The number of likely N-dealkylation sites (tertiary alicyclic amines) is 2. The van der Waals surface area contributed by atoms with Crippen LogP contribution in [-0.2, 0) is 11.8 Å². The molecule has 2 fully saturated rings. The normalized spacial score (nSPS) is 19.0. The molecule has 5 rings (SSSR count). The second kappa shape index (κ2) is 7.97. The van der Waals surface area contributed by atoms with Crippen LogP contribution < -0.4 is 0 Å². The number of aromatic nitrogens is 1. The molecule has 2 saturated heterocycles. The molecule has 0 bridgehead atoms. The standard InChI is InChI=1S/C26H27F2N3O2/c1-17(21-16-20(27)5-6-22(21)28)31-14-10-26(25(31)33)8-12-30(13-9-26)24(32)19-4-3-18-7-11-29(2)23(18)15-19/h3-7,11,15-17H,8-10,12-14H2,1-2H3. The van der Waals surface area contributed by atoms with Crippen molar-refractivity contribution in [2.75, 3.05) is 19.6 Å². The molecular weight excluding hydrogens is 424 g/mol. The number of benzene rings is 2. The number of hydrogen-bond acceptors (Lipinski definition) is 2. The van der Waals surface area contributed by atoms with Gasteiger partial charge in [0.05, 0.1) is 11.5 Å². The number of nitrogens with zero attached hydrogens (tertiary/aromatic N) is 3. The first-order chi connectivity index (χ1) is 15.8. The van der Waals surface area contributed by atoms with Crippen molar-refractivity contribution in [1.29, 1.82) is 0 Å². The van der Waals surface area contributed by atoms with Crippen LogP contribution in [0.5, 0.6) is 0 Å². The molecule has 1 aromatic heterocycles. The van der Waals surface area contributed by atoms with E-state index in [4.69, 9.17) is 0 Å². The third kappa shape index (κ3) is 3.59. The number of aryl methyl sites for hydroxylation is 1. The van der Waals surface area contributed by atoms with Gasteiger partial charge in [0.2, 0.25) is 5.91 Å². The maximum absolute atomic E-state index is 14.3. The van der Waals surface area contributed by atoms with Crippen molar-refractivity contribution in [2.45, 2.75) is 32.2 Å². The van der Waals surface area contributed by atoms with E-state index in [9.17, 15) is 18.4 Å². The van der Waals surface area contributed by atoms with Crippen LogP contribution in [-0.4, -0.2) is 45.8 Å². The fourth-order valence-corrected chi connectivity index (χ4v) is 5.40. The molecule has 33 heavy (non-hydrogen) atoms. The highest BCUT2D eigenvalue weighted by atomic mass is 19.1. The minimum Gasteiger partial charge on any atom is -0.351 e. The van der Waals surface area contributed by atoms with Crippen molar-refractivity contribution >= 4 is 22.7 Å². The second-order valence-electron chi connectivity index (χ2n) is 9.36. The van der Waals surface area contributed by atoms with Crippen LogP contribution in [0.4, 0.5) is 8.78 Å². The molecule has 5 nitrogen and oxygen atoms in total. The highest BCUT2D eigenvalue weighted by Gasteiger charge is 2.50. The van der Waals surface area contributed by atoms with Gasteiger partial charge < -0.3 is 14.4 Å². The van der Waals surface area contributed by atoms with E-state index in [0.717, 1.165) is 23.0 Å². The molecule has 3 heterocycles. The van der Waals surface area contributed by atoms with E-state index in [1.807, 2.05) is 47.0 Å². The van der Waals surface area contributed by atoms with Crippen LogP contribution in [0.25, 0.3) is 10.9 Å². The van der Waals surface area contributed by atoms with E-state index in [1.54, 1.807) is 11.8 Å². The Balaban J connectivity index is 1.29. The van der Waals surface area contributed by atoms with Crippen LogP contribution in [0, 0.1) is 17.0 Å². The van der Waals surface area contributed by atoms with Gasteiger partial charge >= 0.3 is 0 Å². The van der Waals surface area contributed by atoms with E-state index in [2.05, 4.69) is 0 Å². The summed E-state index contributed by atoms with van der Waals surface area (Å²) < 4.78 is 30.0. The Labute approximate surface area is 191 Å². The van der Waals surface area contributed by atoms with Crippen molar-refractivity contribution in [3.8, 4) is 0 Å². The van der Waals surface area contributed by atoms with Gasteiger partial charge in [-0.1, -0.05) is 6.07 Å². The van der Waals surface area contributed by atoms with Gasteiger partial charge in [0, 0.05) is 49.5 Å². The fraction of sp³-hybridized carbons (Fsp3) is 0.385. The summed E-state index contributed by atoms with van der Waals surface area (Å²) in [5, 5.41) is 1.09. The first-order valence-electron chi connectivity index (χ1n) is 11.4. The Morgan fingerprint density at radius 2 is 1.73 bits per heavy atom. The molecule has 2 aliphatic rings. The third-order valence-electron chi connectivity index (χ3n) is 7.56. The summed E-state index contributed by atoms with van der Waals surface area (Å²) in [6, 6.07) is 10.6. The molecule has 1 atom stereocenters. The zero-order valence-corrected chi connectivity index (χ0v) is 18.9. The van der Waals surface area contributed by atoms with Gasteiger partial charge in [0.1, 0.15) is 11.6 Å². The lowest BCUT2D eigenvalue weighted by atomic mass is 9.77. The molecule has 0 N–H and O–H groups in total. The maximum Gasteiger partial charge on any atom is 0.253 e. The number of fused-ring (bicyclic) bond motifs is 1. The fourth-order valence-electron chi connectivity index (χ4n) is 5.40. The van der Waals surface area contributed by atoms with Crippen LogP contribution in [0.3, 0.4) is 0 Å². The summed E-state index contributed by atoms with van der Waals surface area (Å²) in [4.78, 5) is 30.0. The molecule has 2 aromatic carbocycles. The van der Waals surface area contributed by atoms with Gasteiger partial charge in [0.15, 0.2) is 0 Å². The SMILES string of the molecule is CC(c1cc(F)ccc1F)N1CCC2(CCN(C(=O)c3ccc4ccn(C)c4c3)CC2)C1=O. The summed E-state index contributed by atoms with van der Waals surface area (Å²) in [5.41, 5.74) is 1.32. The lowest BCUT2D eigenvalue weighted by molar-refractivity contribution is -0.139. The Morgan fingerprint density at radius 1 is 1.00 bits per heavy atom. The van der Waals surface area contributed by atoms with E-state index in [-0.39, 0.29) is 17.4 Å². The highest BCUT2D eigenvalue weighted by Crippen LogP contribution is 2.44. The van der Waals surface area contributed by atoms with Crippen molar-refractivity contribution in [3.63, 3.8) is 0 Å². The third-order valence-corrected chi connectivity index (χ3v) is 7.56. The largest absolute Gasteiger partial charge is 0.351 e. The number of piperidine rings is 1. The van der Waals surface area contributed by atoms with Crippen molar-refractivity contribution in [3.05, 3.63) is 71.4 Å². The van der Waals surface area contributed by atoms with E-state index in [1.165, 1.54) is 6.07 Å². The lowest BCUT2D eigenvalue weighted by Gasteiger charge is -2.38. The van der Waals surface area contributed by atoms with Crippen LogP contribution in [0.1, 0.15) is 48.1 Å². The molecular formula is C26H27F2N3O2. The molecule has 2 amide bonds. The molecule has 172 valence electrons. The zero-order valence-electron chi connectivity index (χ0n) is 18.9. The monoisotopic (exact) mass is 451 g/mol. The highest BCUT2D eigenvalue weighted by molar-refractivity contribution is 5.98. The predicted molar refractivity (Wildman–Crippen MR) is 122 cm³/mol. The Hall–Kier alpha value is -3.22. The summed E-state index contributed by atoms with van der Waals surface area (Å²) in [5.74, 6) is -1.06. The van der Waals surface area contributed by atoms with E-state index >= 15 is 0 Å². The Kier molecular flexibility index (Phi) is 5.22. The number of rotatable bonds is 3. The molecule has 0 aliphatic carbocycles.